The third-order valence-electron chi connectivity index (χ3n) is 4.18. The molecular formula is C16H19NO7. The second-order valence-electron chi connectivity index (χ2n) is 5.86. The first-order valence-corrected chi connectivity index (χ1v) is 7.52. The Hall–Kier alpha value is -1.97. The van der Waals surface area contributed by atoms with E-state index in [1.54, 1.807) is 25.1 Å². The molecule has 1 saturated heterocycles. The summed E-state index contributed by atoms with van der Waals surface area (Å²) >= 11 is 0. The molecule has 1 fully saturated rings. The van der Waals surface area contributed by atoms with E-state index < -0.39 is 42.9 Å². The molecule has 5 N–H and O–H groups in total. The predicted molar refractivity (Wildman–Crippen MR) is 84.6 cm³/mol. The fourth-order valence-corrected chi connectivity index (χ4v) is 2.86. The van der Waals surface area contributed by atoms with Crippen molar-refractivity contribution in [3.05, 3.63) is 40.2 Å². The van der Waals surface area contributed by atoms with Crippen LogP contribution in [-0.4, -0.2) is 57.7 Å². The molecule has 2 heterocycles. The molecule has 5 atom stereocenters. The van der Waals surface area contributed by atoms with E-state index >= 15 is 0 Å². The molecule has 8 heteroatoms. The third-order valence-corrected chi connectivity index (χ3v) is 4.18. The van der Waals surface area contributed by atoms with E-state index in [0.29, 0.717) is 11.3 Å². The Morgan fingerprint density at radius 3 is 2.62 bits per heavy atom. The number of aryl methyl sites for hydroxylation is 1. The van der Waals surface area contributed by atoms with Gasteiger partial charge in [-0.1, -0.05) is 0 Å². The molecule has 24 heavy (non-hydrogen) atoms. The van der Waals surface area contributed by atoms with Crippen molar-refractivity contribution in [3.8, 4) is 0 Å². The normalized spacial score (nSPS) is 30.5. The molecule has 1 aliphatic heterocycles. The largest absolute Gasteiger partial charge is 0.423 e. The van der Waals surface area contributed by atoms with Crippen LogP contribution in [0.2, 0.25) is 0 Å². The van der Waals surface area contributed by atoms with Gasteiger partial charge in [-0.2, -0.15) is 0 Å². The lowest BCUT2D eigenvalue weighted by atomic mass is 9.96. The van der Waals surface area contributed by atoms with Gasteiger partial charge in [-0.05, 0) is 24.6 Å². The molecule has 0 bridgehead atoms. The molecule has 130 valence electrons. The van der Waals surface area contributed by atoms with Crippen molar-refractivity contribution in [1.82, 2.24) is 0 Å². The van der Waals surface area contributed by atoms with Gasteiger partial charge in [0.2, 0.25) is 0 Å². The quantitative estimate of drug-likeness (QED) is 0.466. The summed E-state index contributed by atoms with van der Waals surface area (Å²) in [6.45, 7) is 1.27. The Kier molecular flexibility index (Phi) is 4.57. The highest BCUT2D eigenvalue weighted by Gasteiger charge is 2.43. The van der Waals surface area contributed by atoms with Gasteiger partial charge in [0, 0.05) is 23.2 Å². The molecule has 0 aliphatic carbocycles. The van der Waals surface area contributed by atoms with Gasteiger partial charge in [0.15, 0.2) is 6.29 Å². The van der Waals surface area contributed by atoms with Gasteiger partial charge >= 0.3 is 5.63 Å². The number of aliphatic hydroxyl groups is 4. The molecule has 0 amide bonds. The number of benzene rings is 1. The van der Waals surface area contributed by atoms with Gasteiger partial charge in [0.1, 0.15) is 29.9 Å². The van der Waals surface area contributed by atoms with Crippen LogP contribution in [0.1, 0.15) is 5.56 Å². The van der Waals surface area contributed by atoms with Crippen LogP contribution in [0, 0.1) is 6.92 Å². The van der Waals surface area contributed by atoms with Crippen LogP contribution in [0.3, 0.4) is 0 Å². The zero-order chi connectivity index (χ0) is 17.4. The second kappa shape index (κ2) is 6.50. The van der Waals surface area contributed by atoms with Gasteiger partial charge in [-0.15, -0.1) is 0 Å². The fourth-order valence-electron chi connectivity index (χ4n) is 2.86. The maximum atomic E-state index is 11.5. The van der Waals surface area contributed by atoms with E-state index in [4.69, 9.17) is 14.3 Å². The summed E-state index contributed by atoms with van der Waals surface area (Å²) in [5, 5.41) is 42.7. The number of anilines is 1. The maximum absolute atomic E-state index is 11.5. The van der Waals surface area contributed by atoms with Crippen molar-refractivity contribution in [2.45, 2.75) is 37.6 Å². The molecule has 1 aromatic carbocycles. The van der Waals surface area contributed by atoms with Crippen LogP contribution in [0.5, 0.6) is 0 Å². The van der Waals surface area contributed by atoms with Crippen molar-refractivity contribution < 1.29 is 29.6 Å². The van der Waals surface area contributed by atoms with E-state index in [0.717, 1.165) is 10.9 Å². The molecule has 1 aromatic heterocycles. The summed E-state index contributed by atoms with van der Waals surface area (Å²) in [7, 11) is 0. The zero-order valence-corrected chi connectivity index (χ0v) is 12.9. The summed E-state index contributed by atoms with van der Waals surface area (Å²) in [6.07, 6.45) is -5.20. The number of rotatable bonds is 3. The standard InChI is InChI=1S/C16H19NO7/c1-7-4-12(19)23-10-5-8(2-3-9(7)10)17-13-15(21)14(20)11(6-18)24-16(13)22/h2-5,11,13-18,20-22H,6H2,1H3/t11?,13?,14-,15-,16-/m1/s1/i1-1. The first-order chi connectivity index (χ1) is 11.4. The van der Waals surface area contributed by atoms with Crippen molar-refractivity contribution in [2.24, 2.45) is 0 Å². The lowest BCUT2D eigenvalue weighted by molar-refractivity contribution is -0.245. The minimum absolute atomic E-state index is 0.361. The van der Waals surface area contributed by atoms with Gasteiger partial charge in [0.25, 0.3) is 0 Å². The minimum atomic E-state index is -1.43. The summed E-state index contributed by atoms with van der Waals surface area (Å²) in [5.41, 5.74) is 1.13. The molecule has 0 radical (unpaired) electrons. The van der Waals surface area contributed by atoms with E-state index in [2.05, 4.69) is 5.32 Å². The topological polar surface area (TPSA) is 132 Å². The van der Waals surface area contributed by atoms with Crippen molar-refractivity contribution in [3.63, 3.8) is 0 Å². The van der Waals surface area contributed by atoms with Gasteiger partial charge in [0.05, 0.1) is 6.61 Å². The highest BCUT2D eigenvalue weighted by molar-refractivity contribution is 5.83. The number of ether oxygens (including phenoxy) is 1. The molecule has 3 rings (SSSR count). The van der Waals surface area contributed by atoms with Crippen LogP contribution >= 0.6 is 0 Å². The van der Waals surface area contributed by atoms with Crippen LogP contribution in [0.4, 0.5) is 5.69 Å². The van der Waals surface area contributed by atoms with Crippen molar-refractivity contribution >= 4 is 16.7 Å². The zero-order valence-electron chi connectivity index (χ0n) is 12.9. The third kappa shape index (κ3) is 3.02. The predicted octanol–water partition coefficient (Wildman–Crippen LogP) is -0.687. The van der Waals surface area contributed by atoms with E-state index in [1.165, 1.54) is 6.07 Å². The van der Waals surface area contributed by atoms with Gasteiger partial charge in [-0.25, -0.2) is 4.79 Å². The highest BCUT2D eigenvalue weighted by atomic mass is 16.6. The first-order valence-electron chi connectivity index (χ1n) is 7.52. The molecule has 2 unspecified atom stereocenters. The van der Waals surface area contributed by atoms with Crippen LogP contribution in [0.15, 0.2) is 33.5 Å². The van der Waals surface area contributed by atoms with Gasteiger partial charge in [-0.3, -0.25) is 0 Å². The summed E-state index contributed by atoms with van der Waals surface area (Å²) < 4.78 is 10.2. The average molecular weight is 336 g/mol. The van der Waals surface area contributed by atoms with Gasteiger partial charge < -0.3 is 34.9 Å². The Labute approximate surface area is 136 Å². The average Bonchev–Trinajstić information content (AvgIpc) is 2.54. The van der Waals surface area contributed by atoms with E-state index in [9.17, 15) is 20.1 Å². The number of hydrogen-bond acceptors (Lipinski definition) is 8. The molecule has 0 spiro atoms. The van der Waals surface area contributed by atoms with Crippen LogP contribution < -0.4 is 10.9 Å². The SMILES string of the molecule is [11CH3]c1cc(=O)oc2cc(NC3[C@H](O)OC(CO)[C@@H](O)[C@@H]3O)ccc12. The number of fused-ring (bicyclic) bond motifs is 1. The molecule has 0 saturated carbocycles. The minimum Gasteiger partial charge on any atom is -0.423 e. The van der Waals surface area contributed by atoms with Crippen LogP contribution in [0.25, 0.3) is 11.0 Å². The number of nitrogens with one attached hydrogen (secondary N) is 1. The molecular weight excluding hydrogens is 317 g/mol. The molecule has 2 aromatic rings. The Morgan fingerprint density at radius 2 is 1.92 bits per heavy atom. The summed E-state index contributed by atoms with van der Waals surface area (Å²) in [5.74, 6) is 0. The molecule has 1 aliphatic rings. The number of aliphatic hydroxyl groups excluding tert-OH is 4. The van der Waals surface area contributed by atoms with Crippen molar-refractivity contribution in [2.75, 3.05) is 11.9 Å². The molecule has 8 nitrogen and oxygen atoms in total. The fraction of sp³-hybridized carbons (Fsp3) is 0.438. The monoisotopic (exact) mass is 336 g/mol. The number of hydrogen-bond donors (Lipinski definition) is 5. The lowest BCUT2D eigenvalue weighted by Crippen LogP contribution is -2.61. The Morgan fingerprint density at radius 1 is 1.17 bits per heavy atom. The second-order valence-corrected chi connectivity index (χ2v) is 5.86. The highest BCUT2D eigenvalue weighted by Crippen LogP contribution is 2.25. The van der Waals surface area contributed by atoms with E-state index in [-0.39, 0.29) is 0 Å². The Balaban J connectivity index is 1.88. The van der Waals surface area contributed by atoms with E-state index in [1.807, 2.05) is 0 Å². The Bertz CT molecular complexity index is 790. The smallest absolute Gasteiger partial charge is 0.336 e. The first kappa shape index (κ1) is 16.9. The maximum Gasteiger partial charge on any atom is 0.336 e. The van der Waals surface area contributed by atoms with Crippen molar-refractivity contribution in [1.29, 1.82) is 0 Å². The lowest BCUT2D eigenvalue weighted by Gasteiger charge is -2.40. The summed E-state index contributed by atoms with van der Waals surface area (Å²) in [6, 6.07) is 5.37. The summed E-state index contributed by atoms with van der Waals surface area (Å²) in [4.78, 5) is 11.5. The van der Waals surface area contributed by atoms with Crippen LogP contribution in [-0.2, 0) is 4.74 Å².